The Hall–Kier alpha value is -2.06. The summed E-state index contributed by atoms with van der Waals surface area (Å²) in [4.78, 5) is 12.0. The summed E-state index contributed by atoms with van der Waals surface area (Å²) in [6.07, 6.45) is 0. The van der Waals surface area contributed by atoms with Crippen LogP contribution in [-0.2, 0) is 0 Å². The second-order valence-electron chi connectivity index (χ2n) is 3.98. The van der Waals surface area contributed by atoms with Crippen LogP contribution < -0.4 is 5.73 Å². The van der Waals surface area contributed by atoms with E-state index < -0.39 is 4.92 Å². The molecule has 0 radical (unpaired) electrons. The van der Waals surface area contributed by atoms with Gasteiger partial charge in [-0.2, -0.15) is 0 Å². The number of nitrogens with zero attached hydrogens (tertiary/aromatic N) is 2. The molecule has 0 aliphatic rings. The van der Waals surface area contributed by atoms with Crippen molar-refractivity contribution in [3.63, 3.8) is 0 Å². The molecule has 2 rings (SSSR count). The number of hydrogen-bond donors (Lipinski definition) is 2. The van der Waals surface area contributed by atoms with Crippen molar-refractivity contribution < 1.29 is 10.1 Å². The fraction of sp³-hybridized carbons (Fsp3) is 0. The summed E-state index contributed by atoms with van der Waals surface area (Å²) < 4.78 is 0.699. The second-order valence-corrected chi connectivity index (χ2v) is 5.98. The molecule has 6 nitrogen and oxygen atoms in total. The number of amidine groups is 1. The lowest BCUT2D eigenvalue weighted by Gasteiger charge is -2.06. The zero-order chi connectivity index (χ0) is 15.4. The van der Waals surface area contributed by atoms with Crippen molar-refractivity contribution in [2.45, 2.75) is 9.79 Å². The van der Waals surface area contributed by atoms with Gasteiger partial charge in [0.1, 0.15) is 0 Å². The van der Waals surface area contributed by atoms with Gasteiger partial charge in [0.05, 0.1) is 4.92 Å². The lowest BCUT2D eigenvalue weighted by atomic mass is 10.2. The molecule has 0 atom stereocenters. The lowest BCUT2D eigenvalue weighted by molar-refractivity contribution is -0.384. The minimum Gasteiger partial charge on any atom is -0.409 e. The first-order chi connectivity index (χ1) is 10.0. The first kappa shape index (κ1) is 15.3. The number of benzene rings is 2. The van der Waals surface area contributed by atoms with Crippen LogP contribution in [0.25, 0.3) is 0 Å². The molecule has 108 valence electrons. The number of rotatable bonds is 4. The second kappa shape index (κ2) is 6.59. The molecule has 0 amide bonds. The minimum absolute atomic E-state index is 0.0220. The third-order valence-electron chi connectivity index (χ3n) is 2.61. The van der Waals surface area contributed by atoms with Crippen molar-refractivity contribution in [3.8, 4) is 0 Å². The van der Waals surface area contributed by atoms with E-state index in [0.717, 1.165) is 9.79 Å². The van der Waals surface area contributed by atoms with E-state index in [4.69, 9.17) is 10.9 Å². The number of hydrogen-bond acceptors (Lipinski definition) is 5. The predicted octanol–water partition coefficient (Wildman–Crippen LogP) is 3.60. The van der Waals surface area contributed by atoms with Crippen LogP contribution >= 0.6 is 27.7 Å². The van der Waals surface area contributed by atoms with Crippen LogP contribution in [0.5, 0.6) is 0 Å². The van der Waals surface area contributed by atoms with Crippen LogP contribution in [0.1, 0.15) is 5.56 Å². The monoisotopic (exact) mass is 367 g/mol. The highest BCUT2D eigenvalue weighted by Gasteiger charge is 2.08. The van der Waals surface area contributed by atoms with Crippen LogP contribution in [0.15, 0.2) is 61.9 Å². The van der Waals surface area contributed by atoms with E-state index in [1.54, 1.807) is 18.2 Å². The van der Waals surface area contributed by atoms with Crippen molar-refractivity contribution in [2.75, 3.05) is 0 Å². The Balaban J connectivity index is 2.20. The molecule has 0 heterocycles. The van der Waals surface area contributed by atoms with Gasteiger partial charge in [-0.15, -0.1) is 0 Å². The first-order valence-corrected chi connectivity index (χ1v) is 7.32. The van der Waals surface area contributed by atoms with Gasteiger partial charge in [0.15, 0.2) is 5.84 Å². The van der Waals surface area contributed by atoms with Crippen LogP contribution in [0.2, 0.25) is 0 Å². The highest BCUT2D eigenvalue weighted by Crippen LogP contribution is 2.31. The standard InChI is InChI=1S/C13H10BrN3O3S/c14-12-7-10(5-6-11(12)13(15)16-18)21-9-3-1-8(2-4-9)17(19)20/h1-7,18H,(H2,15,16). The third-order valence-corrected chi connectivity index (χ3v) is 4.26. The van der Waals surface area contributed by atoms with Gasteiger partial charge in [-0.1, -0.05) is 16.9 Å². The Labute approximate surface area is 132 Å². The molecular formula is C13H10BrN3O3S. The molecule has 0 aliphatic heterocycles. The number of nitro benzene ring substituents is 1. The normalized spacial score (nSPS) is 11.4. The van der Waals surface area contributed by atoms with Gasteiger partial charge >= 0.3 is 0 Å². The van der Waals surface area contributed by atoms with Crippen LogP contribution in [0.4, 0.5) is 5.69 Å². The van der Waals surface area contributed by atoms with Gasteiger partial charge in [-0.25, -0.2) is 0 Å². The summed E-state index contributed by atoms with van der Waals surface area (Å²) in [6.45, 7) is 0. The average molecular weight is 368 g/mol. The van der Waals surface area contributed by atoms with E-state index in [1.807, 2.05) is 12.1 Å². The van der Waals surface area contributed by atoms with E-state index in [2.05, 4.69) is 21.1 Å². The molecule has 3 N–H and O–H groups in total. The predicted molar refractivity (Wildman–Crippen MR) is 83.9 cm³/mol. The molecule has 8 heteroatoms. The number of non-ortho nitro benzene ring substituents is 1. The minimum atomic E-state index is -0.434. The number of nitrogens with two attached hydrogens (primary N) is 1. The Morgan fingerprint density at radius 1 is 1.24 bits per heavy atom. The summed E-state index contributed by atoms with van der Waals surface area (Å²) in [5.74, 6) is 0.0220. The van der Waals surface area contributed by atoms with Crippen molar-refractivity contribution >= 4 is 39.2 Å². The third kappa shape index (κ3) is 3.73. The molecule has 21 heavy (non-hydrogen) atoms. The van der Waals surface area contributed by atoms with E-state index in [0.29, 0.717) is 10.0 Å². The Morgan fingerprint density at radius 3 is 2.38 bits per heavy atom. The Morgan fingerprint density at radius 2 is 1.86 bits per heavy atom. The summed E-state index contributed by atoms with van der Waals surface area (Å²) in [5.41, 5.74) is 6.19. The van der Waals surface area contributed by atoms with Crippen LogP contribution in [-0.4, -0.2) is 16.0 Å². The largest absolute Gasteiger partial charge is 0.409 e. The molecule has 0 fully saturated rings. The maximum Gasteiger partial charge on any atom is 0.269 e. The zero-order valence-electron chi connectivity index (χ0n) is 10.6. The number of nitro groups is 1. The summed E-state index contributed by atoms with van der Waals surface area (Å²) in [7, 11) is 0. The molecule has 0 saturated carbocycles. The molecule has 0 spiro atoms. The molecule has 0 aliphatic carbocycles. The van der Waals surface area contributed by atoms with Crippen molar-refractivity contribution in [3.05, 3.63) is 62.6 Å². The molecule has 0 saturated heterocycles. The van der Waals surface area contributed by atoms with E-state index in [-0.39, 0.29) is 11.5 Å². The molecule has 2 aromatic rings. The Kier molecular flexibility index (Phi) is 4.81. The molecule has 0 unspecified atom stereocenters. The number of oxime groups is 1. The maximum atomic E-state index is 10.6. The van der Waals surface area contributed by atoms with Gasteiger partial charge in [0, 0.05) is 32.0 Å². The average Bonchev–Trinajstić information content (AvgIpc) is 2.47. The van der Waals surface area contributed by atoms with Crippen LogP contribution in [0, 0.1) is 10.1 Å². The van der Waals surface area contributed by atoms with Crippen molar-refractivity contribution in [2.24, 2.45) is 10.9 Å². The van der Waals surface area contributed by atoms with E-state index in [1.165, 1.54) is 23.9 Å². The van der Waals surface area contributed by atoms with Crippen LogP contribution in [0.3, 0.4) is 0 Å². The van der Waals surface area contributed by atoms with Gasteiger partial charge in [0.2, 0.25) is 0 Å². The van der Waals surface area contributed by atoms with Gasteiger partial charge < -0.3 is 10.9 Å². The first-order valence-electron chi connectivity index (χ1n) is 5.71. The quantitative estimate of drug-likeness (QED) is 0.282. The summed E-state index contributed by atoms with van der Waals surface area (Å²) >= 11 is 4.81. The van der Waals surface area contributed by atoms with Gasteiger partial charge in [0.25, 0.3) is 5.69 Å². The summed E-state index contributed by atoms with van der Waals surface area (Å²) in [5, 5.41) is 22.2. The smallest absolute Gasteiger partial charge is 0.269 e. The highest BCUT2D eigenvalue weighted by atomic mass is 79.9. The zero-order valence-corrected chi connectivity index (χ0v) is 13.0. The van der Waals surface area contributed by atoms with E-state index >= 15 is 0 Å². The van der Waals surface area contributed by atoms with Crippen molar-refractivity contribution in [1.29, 1.82) is 0 Å². The maximum absolute atomic E-state index is 10.6. The van der Waals surface area contributed by atoms with Crippen molar-refractivity contribution in [1.82, 2.24) is 0 Å². The van der Waals surface area contributed by atoms with Gasteiger partial charge in [-0.3, -0.25) is 10.1 Å². The Bertz CT molecular complexity index is 704. The fourth-order valence-electron chi connectivity index (χ4n) is 1.59. The van der Waals surface area contributed by atoms with E-state index in [9.17, 15) is 10.1 Å². The lowest BCUT2D eigenvalue weighted by Crippen LogP contribution is -2.13. The fourth-order valence-corrected chi connectivity index (χ4v) is 3.18. The van der Waals surface area contributed by atoms with Gasteiger partial charge in [-0.05, 0) is 46.3 Å². The topological polar surface area (TPSA) is 102 Å². The molecule has 2 aromatic carbocycles. The molecule has 0 bridgehead atoms. The SMILES string of the molecule is N/C(=N/O)c1ccc(Sc2ccc([N+](=O)[O-])cc2)cc1Br. The highest BCUT2D eigenvalue weighted by molar-refractivity contribution is 9.10. The molecular weight excluding hydrogens is 358 g/mol. The molecule has 0 aromatic heterocycles. The summed E-state index contributed by atoms with van der Waals surface area (Å²) in [6, 6.07) is 11.7. The number of halogens is 1.